The fraction of sp³-hybridized carbons (Fsp3) is 0.381. The van der Waals surface area contributed by atoms with Gasteiger partial charge >= 0.3 is 0 Å². The molecule has 1 aromatic carbocycles. The summed E-state index contributed by atoms with van der Waals surface area (Å²) >= 11 is 1.34. The molecule has 0 saturated carbocycles. The van der Waals surface area contributed by atoms with Crippen molar-refractivity contribution in [1.29, 1.82) is 5.26 Å². The fourth-order valence-electron chi connectivity index (χ4n) is 3.03. The maximum atomic E-state index is 9.17. The molecule has 154 valence electrons. The van der Waals surface area contributed by atoms with Crippen LogP contribution in [0, 0.1) is 17.9 Å². The smallest absolute Gasteiger partial charge is 0.263 e. The van der Waals surface area contributed by atoms with Crippen molar-refractivity contribution in [3.05, 3.63) is 46.3 Å². The van der Waals surface area contributed by atoms with E-state index in [9.17, 15) is 0 Å². The van der Waals surface area contributed by atoms with Gasteiger partial charge < -0.3 is 14.3 Å². The van der Waals surface area contributed by atoms with Crippen LogP contribution in [0.4, 0.5) is 22.3 Å². The Morgan fingerprint density at radius 2 is 1.93 bits per heavy atom. The highest BCUT2D eigenvalue weighted by atomic mass is 32.1. The summed E-state index contributed by atoms with van der Waals surface area (Å²) in [5.74, 6) is 0.771. The molecule has 0 unspecified atom stereocenters. The van der Waals surface area contributed by atoms with Crippen LogP contribution >= 0.6 is 11.3 Å². The lowest BCUT2D eigenvalue weighted by atomic mass is 10.2. The molecule has 2 aromatic rings. The van der Waals surface area contributed by atoms with Gasteiger partial charge in [0.2, 0.25) is 5.13 Å². The summed E-state index contributed by atoms with van der Waals surface area (Å²) in [6, 6.07) is 9.72. The molecular weight excluding hydrogens is 396 g/mol. The summed E-state index contributed by atoms with van der Waals surface area (Å²) < 4.78 is 0.965. The number of aromatic nitrogens is 1. The van der Waals surface area contributed by atoms with Crippen LogP contribution in [0.2, 0.25) is 0 Å². The van der Waals surface area contributed by atoms with E-state index < -0.39 is 0 Å². The summed E-state index contributed by atoms with van der Waals surface area (Å²) in [5, 5.41) is 18.3. The predicted molar refractivity (Wildman–Crippen MR) is 121 cm³/mol. The van der Waals surface area contributed by atoms with Gasteiger partial charge in [-0.2, -0.15) is 4.98 Å². The van der Waals surface area contributed by atoms with Gasteiger partial charge in [-0.3, -0.25) is 0 Å². The molecule has 1 aromatic heterocycles. The third-order valence-electron chi connectivity index (χ3n) is 4.99. The first-order chi connectivity index (χ1) is 14.3. The van der Waals surface area contributed by atoms with E-state index in [1.165, 1.54) is 11.3 Å². The molecule has 0 spiro atoms. The molecule has 0 radical (unpaired) electrons. The summed E-state index contributed by atoms with van der Waals surface area (Å²) in [7, 11) is 8.41. The first-order valence-electron chi connectivity index (χ1n) is 9.57. The minimum atomic E-state index is 0.0378. The number of hydrogen-bond donors (Lipinski definition) is 0. The van der Waals surface area contributed by atoms with E-state index in [-0.39, 0.29) is 5.70 Å². The Balaban J connectivity index is 1.88. The summed E-state index contributed by atoms with van der Waals surface area (Å²) in [4.78, 5) is 13.0. The summed E-state index contributed by atoms with van der Waals surface area (Å²) in [6.45, 7) is 10.9. The van der Waals surface area contributed by atoms with Crippen LogP contribution in [0.5, 0.6) is 0 Å². The number of thiazole rings is 1. The summed E-state index contributed by atoms with van der Waals surface area (Å²) in [5.41, 5.74) is 1.87. The Morgan fingerprint density at radius 1 is 1.27 bits per heavy atom. The van der Waals surface area contributed by atoms with Crippen LogP contribution in [0.25, 0.3) is 10.9 Å². The van der Waals surface area contributed by atoms with Crippen molar-refractivity contribution in [3.63, 3.8) is 0 Å². The van der Waals surface area contributed by atoms with E-state index in [1.807, 2.05) is 49.3 Å². The number of anilines is 2. The number of nitrogens with zero attached hydrogens (tertiary/aromatic N) is 8. The summed E-state index contributed by atoms with van der Waals surface area (Å²) in [6.07, 6.45) is 1.60. The van der Waals surface area contributed by atoms with E-state index in [2.05, 4.69) is 39.1 Å². The number of quaternary nitrogens is 1. The van der Waals surface area contributed by atoms with Crippen molar-refractivity contribution in [3.8, 4) is 6.07 Å². The molecule has 0 aliphatic carbocycles. The Hall–Kier alpha value is -3.27. The first-order valence-corrected chi connectivity index (χ1v) is 10.4. The van der Waals surface area contributed by atoms with Crippen molar-refractivity contribution in [2.24, 2.45) is 10.2 Å². The van der Waals surface area contributed by atoms with Gasteiger partial charge in [0.25, 0.3) is 5.70 Å². The largest absolute Gasteiger partial charge is 0.378 e. The third-order valence-corrected chi connectivity index (χ3v) is 5.87. The monoisotopic (exact) mass is 421 g/mol. The van der Waals surface area contributed by atoms with Crippen molar-refractivity contribution < 1.29 is 4.48 Å². The number of piperazine rings is 1. The van der Waals surface area contributed by atoms with E-state index in [1.54, 1.807) is 6.08 Å². The number of likely N-dealkylation sites (N-methyl/N-ethyl adjacent to an activating group) is 1. The minimum absolute atomic E-state index is 0.0378. The Labute approximate surface area is 181 Å². The second kappa shape index (κ2) is 9.04. The van der Waals surface area contributed by atoms with Gasteiger partial charge in [-0.05, 0) is 30.3 Å². The molecule has 1 saturated heterocycles. The molecule has 1 aliphatic heterocycles. The Bertz CT molecular complexity index is 1010. The average molecular weight is 422 g/mol. The normalized spacial score (nSPS) is 16.3. The van der Waals surface area contributed by atoms with Gasteiger partial charge in [0.15, 0.2) is 0 Å². The molecule has 9 heteroatoms. The molecule has 3 rings (SSSR count). The lowest BCUT2D eigenvalue weighted by Gasteiger charge is -2.39. The second-order valence-corrected chi connectivity index (χ2v) is 8.93. The molecule has 0 atom stereocenters. The third kappa shape index (κ3) is 5.20. The maximum absolute atomic E-state index is 9.17. The SMILES string of the molecule is [C-]#[N+]/C(C#N)=C/c1sc(N=Nc2ccc(N(C)C)cc2)nc1N1CC[N+](C)(C)CC1. The van der Waals surface area contributed by atoms with Crippen molar-refractivity contribution in [2.45, 2.75) is 0 Å². The van der Waals surface area contributed by atoms with Crippen LogP contribution < -0.4 is 9.80 Å². The van der Waals surface area contributed by atoms with Gasteiger partial charge in [0.1, 0.15) is 5.82 Å². The fourth-order valence-corrected chi connectivity index (χ4v) is 3.87. The van der Waals surface area contributed by atoms with Crippen LogP contribution in [-0.4, -0.2) is 63.8 Å². The molecule has 1 aliphatic rings. The standard InChI is InChI=1S/C21H25N8S/c1-23-17(15-22)14-19-20(28-10-12-29(4,5)13-11-28)24-21(30-19)26-25-16-6-8-18(9-7-16)27(2)3/h6-9,14H,10-13H2,2-5H3/q+1/b17-14+,26-25?. The number of nitriles is 1. The highest BCUT2D eigenvalue weighted by molar-refractivity contribution is 7.16. The van der Waals surface area contributed by atoms with Gasteiger partial charge in [0.05, 0.1) is 63.5 Å². The van der Waals surface area contributed by atoms with E-state index in [0.29, 0.717) is 5.13 Å². The lowest BCUT2D eigenvalue weighted by molar-refractivity contribution is -0.890. The molecular formula is C21H25N8S+. The molecule has 30 heavy (non-hydrogen) atoms. The van der Waals surface area contributed by atoms with Crippen LogP contribution in [-0.2, 0) is 0 Å². The number of rotatable bonds is 5. The number of azo groups is 1. The highest BCUT2D eigenvalue weighted by Crippen LogP contribution is 2.35. The van der Waals surface area contributed by atoms with Gasteiger partial charge in [-0.25, -0.2) is 10.1 Å². The van der Waals surface area contributed by atoms with Crippen LogP contribution in [0.3, 0.4) is 0 Å². The molecule has 8 nitrogen and oxygen atoms in total. The zero-order valence-electron chi connectivity index (χ0n) is 17.7. The number of allylic oxidation sites excluding steroid dienone is 1. The van der Waals surface area contributed by atoms with Crippen molar-refractivity contribution in [2.75, 3.05) is 64.2 Å². The van der Waals surface area contributed by atoms with Crippen LogP contribution in [0.15, 0.2) is 40.2 Å². The van der Waals surface area contributed by atoms with Gasteiger partial charge in [0, 0.05) is 19.8 Å². The Morgan fingerprint density at radius 3 is 2.50 bits per heavy atom. The zero-order valence-corrected chi connectivity index (χ0v) is 18.5. The zero-order chi connectivity index (χ0) is 21.7. The number of hydrogen-bond acceptors (Lipinski definition) is 7. The maximum Gasteiger partial charge on any atom is 0.263 e. The van der Waals surface area contributed by atoms with Crippen LogP contribution in [0.1, 0.15) is 4.88 Å². The predicted octanol–water partition coefficient (Wildman–Crippen LogP) is 4.30. The molecule has 0 amide bonds. The first kappa shape index (κ1) is 21.4. The van der Waals surface area contributed by atoms with Gasteiger partial charge in [-0.15, -0.1) is 10.2 Å². The Kier molecular flexibility index (Phi) is 6.46. The molecule has 0 N–H and O–H groups in total. The van der Waals surface area contributed by atoms with E-state index in [4.69, 9.17) is 11.8 Å². The molecule has 0 bridgehead atoms. The molecule has 2 heterocycles. The highest BCUT2D eigenvalue weighted by Gasteiger charge is 2.27. The lowest BCUT2D eigenvalue weighted by Crippen LogP contribution is -2.55. The quantitative estimate of drug-likeness (QED) is 0.312. The van der Waals surface area contributed by atoms with Crippen molar-refractivity contribution >= 4 is 39.7 Å². The average Bonchev–Trinajstić information content (AvgIpc) is 3.13. The van der Waals surface area contributed by atoms with E-state index >= 15 is 0 Å². The number of benzene rings is 1. The van der Waals surface area contributed by atoms with Gasteiger partial charge in [-0.1, -0.05) is 11.3 Å². The van der Waals surface area contributed by atoms with Crippen molar-refractivity contribution in [1.82, 2.24) is 4.98 Å². The molecule has 1 fully saturated rings. The second-order valence-electron chi connectivity index (χ2n) is 7.92. The topological polar surface area (TPSA) is 72.2 Å². The van der Waals surface area contributed by atoms with E-state index in [0.717, 1.165) is 52.7 Å². The minimum Gasteiger partial charge on any atom is -0.378 e.